The van der Waals surface area contributed by atoms with Gasteiger partial charge in [-0.25, -0.2) is 9.29 Å². The topological polar surface area (TPSA) is 58.6 Å². The van der Waals surface area contributed by atoms with Crippen molar-refractivity contribution in [3.05, 3.63) is 94.9 Å². The maximum atomic E-state index is 13.5. The van der Waals surface area contributed by atoms with E-state index in [1.807, 2.05) is 51.1 Å². The largest absolute Gasteiger partial charge is 0.494 e. The van der Waals surface area contributed by atoms with Crippen LogP contribution in [0, 0.1) is 19.7 Å². The lowest BCUT2D eigenvalue weighted by Crippen LogP contribution is -2.32. The predicted octanol–water partition coefficient (Wildman–Crippen LogP) is 5.24. The molecule has 2 amide bonds. The van der Waals surface area contributed by atoms with Crippen LogP contribution in [-0.2, 0) is 9.59 Å². The van der Waals surface area contributed by atoms with Crippen LogP contribution in [0.5, 0.6) is 5.75 Å². The first-order chi connectivity index (χ1) is 15.4. The Morgan fingerprint density at radius 3 is 2.34 bits per heavy atom. The maximum Gasteiger partial charge on any atom is 0.282 e. The van der Waals surface area contributed by atoms with Gasteiger partial charge in [-0.2, -0.15) is 0 Å². The number of ether oxygens (including phenoxy) is 1. The van der Waals surface area contributed by atoms with Gasteiger partial charge in [-0.1, -0.05) is 24.3 Å². The highest BCUT2D eigenvalue weighted by Gasteiger charge is 2.40. The fourth-order valence-electron chi connectivity index (χ4n) is 3.61. The molecule has 5 nitrogen and oxygen atoms in total. The smallest absolute Gasteiger partial charge is 0.282 e. The second kappa shape index (κ2) is 8.67. The number of benzene rings is 3. The molecule has 0 bridgehead atoms. The summed E-state index contributed by atoms with van der Waals surface area (Å²) >= 11 is 0. The first-order valence-corrected chi connectivity index (χ1v) is 10.3. The lowest BCUT2D eigenvalue weighted by Gasteiger charge is -2.15. The van der Waals surface area contributed by atoms with E-state index in [0.717, 1.165) is 16.0 Å². The molecule has 0 aliphatic carbocycles. The number of carbonyl (C=O) groups excluding carboxylic acids is 2. The number of nitrogens with zero attached hydrogens (tertiary/aromatic N) is 1. The maximum absolute atomic E-state index is 13.5. The Hall–Kier alpha value is -3.93. The number of hydrogen-bond donors (Lipinski definition) is 1. The third-order valence-electron chi connectivity index (χ3n) is 5.38. The Morgan fingerprint density at radius 2 is 1.66 bits per heavy atom. The molecule has 0 atom stereocenters. The van der Waals surface area contributed by atoms with E-state index < -0.39 is 17.6 Å². The Bertz CT molecular complexity index is 1230. The molecular formula is C26H23FN2O3. The van der Waals surface area contributed by atoms with Crippen LogP contribution in [0.3, 0.4) is 0 Å². The lowest BCUT2D eigenvalue weighted by molar-refractivity contribution is -0.120. The second-order valence-electron chi connectivity index (χ2n) is 7.56. The number of hydrogen-bond acceptors (Lipinski definition) is 4. The van der Waals surface area contributed by atoms with Crippen molar-refractivity contribution < 1.29 is 18.7 Å². The van der Waals surface area contributed by atoms with Crippen LogP contribution in [0.4, 0.5) is 15.8 Å². The van der Waals surface area contributed by atoms with Crippen molar-refractivity contribution in [1.82, 2.24) is 0 Å². The number of aryl methyl sites for hydroxylation is 2. The minimum atomic E-state index is -0.503. The number of anilines is 2. The van der Waals surface area contributed by atoms with Crippen molar-refractivity contribution in [3.8, 4) is 5.75 Å². The molecule has 3 aromatic carbocycles. The van der Waals surface area contributed by atoms with E-state index in [1.165, 1.54) is 24.3 Å². The van der Waals surface area contributed by atoms with Crippen LogP contribution in [0.1, 0.15) is 23.6 Å². The minimum absolute atomic E-state index is 0.163. The molecule has 6 heteroatoms. The summed E-state index contributed by atoms with van der Waals surface area (Å²) in [6.07, 6.45) is 0. The Morgan fingerprint density at radius 1 is 0.906 bits per heavy atom. The molecule has 0 unspecified atom stereocenters. The van der Waals surface area contributed by atoms with E-state index in [2.05, 4.69) is 5.32 Å². The quantitative estimate of drug-likeness (QED) is 0.544. The fourth-order valence-corrected chi connectivity index (χ4v) is 3.61. The summed E-state index contributed by atoms with van der Waals surface area (Å²) in [5.41, 5.74) is 4.09. The number of nitrogens with one attached hydrogen (secondary N) is 1. The molecular weight excluding hydrogens is 407 g/mol. The first-order valence-electron chi connectivity index (χ1n) is 10.3. The molecule has 0 aromatic heterocycles. The van der Waals surface area contributed by atoms with Gasteiger partial charge in [0.25, 0.3) is 11.8 Å². The zero-order valence-corrected chi connectivity index (χ0v) is 18.1. The number of rotatable bonds is 6. The van der Waals surface area contributed by atoms with Gasteiger partial charge in [-0.15, -0.1) is 0 Å². The minimum Gasteiger partial charge on any atom is -0.494 e. The molecule has 162 valence electrons. The Kier molecular flexibility index (Phi) is 5.77. The summed E-state index contributed by atoms with van der Waals surface area (Å²) < 4.78 is 19.0. The van der Waals surface area contributed by atoms with Crippen LogP contribution in [0.15, 0.2) is 72.4 Å². The summed E-state index contributed by atoms with van der Waals surface area (Å²) in [7, 11) is 0. The van der Waals surface area contributed by atoms with Gasteiger partial charge in [0.15, 0.2) is 0 Å². The van der Waals surface area contributed by atoms with Crippen molar-refractivity contribution in [2.45, 2.75) is 20.8 Å². The van der Waals surface area contributed by atoms with Gasteiger partial charge in [-0.3, -0.25) is 9.59 Å². The number of halogens is 1. The van der Waals surface area contributed by atoms with Crippen molar-refractivity contribution in [2.24, 2.45) is 0 Å². The van der Waals surface area contributed by atoms with Crippen LogP contribution >= 0.6 is 0 Å². The van der Waals surface area contributed by atoms with E-state index in [4.69, 9.17) is 4.74 Å². The summed E-state index contributed by atoms with van der Waals surface area (Å²) in [5.74, 6) is -0.760. The van der Waals surface area contributed by atoms with Gasteiger partial charge in [0.2, 0.25) is 0 Å². The van der Waals surface area contributed by atoms with Crippen molar-refractivity contribution >= 4 is 28.8 Å². The highest BCUT2D eigenvalue weighted by Crippen LogP contribution is 2.35. The zero-order valence-electron chi connectivity index (χ0n) is 18.1. The summed E-state index contributed by atoms with van der Waals surface area (Å²) in [5, 5.41) is 3.13. The Balaban J connectivity index is 1.81. The van der Waals surface area contributed by atoms with Gasteiger partial charge < -0.3 is 10.1 Å². The van der Waals surface area contributed by atoms with Gasteiger partial charge in [0.05, 0.1) is 17.9 Å². The van der Waals surface area contributed by atoms with E-state index in [-0.39, 0.29) is 11.3 Å². The monoisotopic (exact) mass is 430 g/mol. The van der Waals surface area contributed by atoms with E-state index >= 15 is 0 Å². The zero-order chi connectivity index (χ0) is 22.8. The standard InChI is InChI=1S/C26H23FN2O3/c1-4-32-22-7-5-6-20(15-22)28-24-23(18-9-8-16(2)17(3)14-18)25(30)29(26(24)31)21-12-10-19(27)11-13-21/h5-15,28H,4H2,1-3H3. The third kappa shape index (κ3) is 3.99. The van der Waals surface area contributed by atoms with Gasteiger partial charge in [-0.05, 0) is 73.9 Å². The van der Waals surface area contributed by atoms with Crippen molar-refractivity contribution in [2.75, 3.05) is 16.8 Å². The van der Waals surface area contributed by atoms with Crippen LogP contribution in [0.25, 0.3) is 5.57 Å². The van der Waals surface area contributed by atoms with Gasteiger partial charge in [0.1, 0.15) is 17.3 Å². The van der Waals surface area contributed by atoms with Crippen molar-refractivity contribution in [3.63, 3.8) is 0 Å². The van der Waals surface area contributed by atoms with Crippen LogP contribution in [0.2, 0.25) is 0 Å². The molecule has 1 N–H and O–H groups in total. The van der Waals surface area contributed by atoms with Crippen LogP contribution in [-0.4, -0.2) is 18.4 Å². The first kappa shape index (κ1) is 21.3. The lowest BCUT2D eigenvalue weighted by atomic mass is 9.99. The molecule has 1 aliphatic rings. The second-order valence-corrected chi connectivity index (χ2v) is 7.56. The number of imide groups is 1. The molecule has 0 fully saturated rings. The summed E-state index contributed by atoms with van der Waals surface area (Å²) in [6, 6.07) is 18.1. The average molecular weight is 430 g/mol. The Labute approximate surface area is 186 Å². The van der Waals surface area contributed by atoms with E-state index in [1.54, 1.807) is 12.1 Å². The molecule has 0 spiro atoms. The molecule has 1 heterocycles. The fraction of sp³-hybridized carbons (Fsp3) is 0.154. The molecule has 0 saturated carbocycles. The molecule has 4 rings (SSSR count). The summed E-state index contributed by atoms with van der Waals surface area (Å²) in [6.45, 7) is 6.34. The SMILES string of the molecule is CCOc1cccc(NC2=C(c3ccc(C)c(C)c3)C(=O)N(c3ccc(F)cc3)C2=O)c1. The van der Waals surface area contributed by atoms with Crippen molar-refractivity contribution in [1.29, 1.82) is 0 Å². The van der Waals surface area contributed by atoms with E-state index in [0.29, 0.717) is 29.3 Å². The number of carbonyl (C=O) groups is 2. The normalized spacial score (nSPS) is 13.7. The van der Waals surface area contributed by atoms with Gasteiger partial charge in [0, 0.05) is 11.8 Å². The molecule has 0 radical (unpaired) electrons. The molecule has 32 heavy (non-hydrogen) atoms. The number of amides is 2. The predicted molar refractivity (Wildman–Crippen MR) is 123 cm³/mol. The van der Waals surface area contributed by atoms with Crippen LogP contribution < -0.4 is 15.0 Å². The van der Waals surface area contributed by atoms with Gasteiger partial charge >= 0.3 is 0 Å². The molecule has 3 aromatic rings. The highest BCUT2D eigenvalue weighted by atomic mass is 19.1. The molecule has 1 aliphatic heterocycles. The summed E-state index contributed by atoms with van der Waals surface area (Å²) in [4.78, 5) is 27.9. The molecule has 0 saturated heterocycles. The average Bonchev–Trinajstić information content (AvgIpc) is 3.01. The third-order valence-corrected chi connectivity index (χ3v) is 5.38. The highest BCUT2D eigenvalue weighted by molar-refractivity contribution is 6.46. The van der Waals surface area contributed by atoms with E-state index in [9.17, 15) is 14.0 Å².